The molecule has 2 N–H and O–H groups in total. The Bertz CT molecular complexity index is 1080. The predicted molar refractivity (Wildman–Crippen MR) is 122 cm³/mol. The SMILES string of the molecule is COc1cc(Cl)ccc1[C@@]1(C#N)[C@H](CC(C)(C)C)N[C@H](C(=O)O)[C@@H]1c1cccc(Cl)c1F. The van der Waals surface area contributed by atoms with Crippen LogP contribution in [0.4, 0.5) is 4.39 Å². The van der Waals surface area contributed by atoms with Gasteiger partial charge in [0, 0.05) is 22.5 Å². The topological polar surface area (TPSA) is 82.3 Å². The summed E-state index contributed by atoms with van der Waals surface area (Å²) < 4.78 is 20.8. The molecule has 5 nitrogen and oxygen atoms in total. The number of hydrogen-bond acceptors (Lipinski definition) is 4. The number of rotatable bonds is 5. The second-order valence-corrected chi connectivity index (χ2v) is 10.1. The van der Waals surface area contributed by atoms with E-state index >= 15 is 4.39 Å². The minimum atomic E-state index is -1.47. The first-order chi connectivity index (χ1) is 15.0. The van der Waals surface area contributed by atoms with E-state index in [2.05, 4.69) is 11.4 Å². The van der Waals surface area contributed by atoms with Gasteiger partial charge in [-0.3, -0.25) is 10.1 Å². The summed E-state index contributed by atoms with van der Waals surface area (Å²) in [6.45, 7) is 6.00. The molecule has 3 rings (SSSR count). The van der Waals surface area contributed by atoms with E-state index in [1.54, 1.807) is 24.3 Å². The van der Waals surface area contributed by atoms with E-state index in [9.17, 15) is 15.2 Å². The van der Waals surface area contributed by atoms with Crippen LogP contribution in [0.5, 0.6) is 5.75 Å². The van der Waals surface area contributed by atoms with Crippen molar-refractivity contribution in [2.45, 2.75) is 50.6 Å². The number of aliphatic carboxylic acids is 1. The Labute approximate surface area is 197 Å². The molecule has 32 heavy (non-hydrogen) atoms. The van der Waals surface area contributed by atoms with Crippen LogP contribution in [0.1, 0.15) is 44.2 Å². The number of methoxy groups -OCH3 is 1. The Kier molecular flexibility index (Phi) is 6.76. The molecule has 1 aliphatic heterocycles. The summed E-state index contributed by atoms with van der Waals surface area (Å²) in [6, 6.07) is 9.81. The normalized spacial score (nSPS) is 25.4. The highest BCUT2D eigenvalue weighted by molar-refractivity contribution is 6.31. The number of benzene rings is 2. The van der Waals surface area contributed by atoms with E-state index < -0.39 is 35.2 Å². The molecule has 2 aromatic rings. The van der Waals surface area contributed by atoms with Crippen molar-refractivity contribution < 1.29 is 19.0 Å². The Morgan fingerprint density at radius 1 is 1.31 bits per heavy atom. The maximum absolute atomic E-state index is 15.3. The first kappa shape index (κ1) is 24.3. The van der Waals surface area contributed by atoms with E-state index in [0.717, 1.165) is 0 Å². The van der Waals surface area contributed by atoms with Crippen LogP contribution in [0, 0.1) is 22.6 Å². The lowest BCUT2D eigenvalue weighted by molar-refractivity contribution is -0.139. The maximum atomic E-state index is 15.3. The van der Waals surface area contributed by atoms with Gasteiger partial charge in [0.2, 0.25) is 0 Å². The van der Waals surface area contributed by atoms with Crippen LogP contribution in [-0.2, 0) is 10.2 Å². The van der Waals surface area contributed by atoms with Gasteiger partial charge in [-0.2, -0.15) is 5.26 Å². The number of carbonyl (C=O) groups is 1. The molecular formula is C24H25Cl2FN2O3. The number of halogens is 3. The van der Waals surface area contributed by atoms with Gasteiger partial charge in [0.05, 0.1) is 18.2 Å². The highest BCUT2D eigenvalue weighted by atomic mass is 35.5. The standard InChI is InChI=1S/C24H25Cl2FN2O3/c1-23(2,3)11-18-24(12-28,15-9-8-13(25)10-17(15)32-4)19(21(29-18)22(30)31)14-6-5-7-16(26)20(14)27/h5-10,18-19,21,29H,11H2,1-4H3,(H,30,31)/t18-,19-,21-,24-/m0/s1. The van der Waals surface area contributed by atoms with Gasteiger partial charge in [0.25, 0.3) is 0 Å². The fourth-order valence-electron chi connectivity index (χ4n) is 4.73. The van der Waals surface area contributed by atoms with Crippen LogP contribution in [0.2, 0.25) is 10.0 Å². The van der Waals surface area contributed by atoms with Gasteiger partial charge in [-0.25, -0.2) is 4.39 Å². The van der Waals surface area contributed by atoms with Gasteiger partial charge >= 0.3 is 5.97 Å². The molecule has 170 valence electrons. The zero-order valence-electron chi connectivity index (χ0n) is 18.2. The summed E-state index contributed by atoms with van der Waals surface area (Å²) >= 11 is 12.2. The summed E-state index contributed by atoms with van der Waals surface area (Å²) in [5, 5.41) is 24.2. The van der Waals surface area contributed by atoms with Gasteiger partial charge in [-0.15, -0.1) is 0 Å². The predicted octanol–water partition coefficient (Wildman–Crippen LogP) is 5.55. The van der Waals surface area contributed by atoms with E-state index in [0.29, 0.717) is 22.8 Å². The summed E-state index contributed by atoms with van der Waals surface area (Å²) in [5.74, 6) is -2.67. The maximum Gasteiger partial charge on any atom is 0.321 e. The second kappa shape index (κ2) is 8.90. The zero-order valence-corrected chi connectivity index (χ0v) is 19.8. The summed E-state index contributed by atoms with van der Waals surface area (Å²) in [6.07, 6.45) is 0.453. The van der Waals surface area contributed by atoms with Gasteiger partial charge < -0.3 is 9.84 Å². The van der Waals surface area contributed by atoms with E-state index in [1.807, 2.05) is 20.8 Å². The number of hydrogen-bond donors (Lipinski definition) is 2. The molecule has 0 aliphatic carbocycles. The third-order valence-electron chi connectivity index (χ3n) is 5.95. The van der Waals surface area contributed by atoms with Crippen molar-refractivity contribution in [2.24, 2.45) is 5.41 Å². The fraction of sp³-hybridized carbons (Fsp3) is 0.417. The Morgan fingerprint density at radius 3 is 2.56 bits per heavy atom. The number of ether oxygens (including phenoxy) is 1. The lowest BCUT2D eigenvalue weighted by Gasteiger charge is -2.38. The Hall–Kier alpha value is -2.33. The van der Waals surface area contributed by atoms with Crippen LogP contribution in [0.25, 0.3) is 0 Å². The van der Waals surface area contributed by atoms with E-state index in [1.165, 1.54) is 19.2 Å². The van der Waals surface area contributed by atoms with Crippen LogP contribution in [0.3, 0.4) is 0 Å². The molecule has 1 saturated heterocycles. The third kappa shape index (κ3) is 4.17. The molecule has 1 aliphatic rings. The average molecular weight is 479 g/mol. The smallest absolute Gasteiger partial charge is 0.321 e. The Balaban J connectivity index is 2.40. The molecule has 0 bridgehead atoms. The lowest BCUT2D eigenvalue weighted by Crippen LogP contribution is -2.44. The van der Waals surface area contributed by atoms with Gasteiger partial charge in [-0.1, -0.05) is 62.2 Å². The second-order valence-electron chi connectivity index (χ2n) is 9.25. The van der Waals surface area contributed by atoms with Crippen LogP contribution < -0.4 is 10.1 Å². The number of nitrogens with zero attached hydrogens (tertiary/aromatic N) is 1. The van der Waals surface area contributed by atoms with Crippen molar-refractivity contribution in [3.05, 3.63) is 63.4 Å². The number of nitrogens with one attached hydrogen (secondary N) is 1. The number of nitriles is 1. The minimum Gasteiger partial charge on any atom is -0.496 e. The number of carboxylic acid groups (broad SMARTS) is 1. The molecule has 2 aromatic carbocycles. The average Bonchev–Trinajstić information content (AvgIpc) is 3.03. The molecule has 0 unspecified atom stereocenters. The molecule has 0 spiro atoms. The molecule has 1 heterocycles. The zero-order chi connectivity index (χ0) is 23.8. The van der Waals surface area contributed by atoms with Crippen molar-refractivity contribution in [3.8, 4) is 11.8 Å². The molecule has 0 saturated carbocycles. The quantitative estimate of drug-likeness (QED) is 0.588. The first-order valence-corrected chi connectivity index (χ1v) is 10.9. The van der Waals surface area contributed by atoms with Crippen molar-refractivity contribution in [1.82, 2.24) is 5.32 Å². The fourth-order valence-corrected chi connectivity index (χ4v) is 5.07. The van der Waals surface area contributed by atoms with Gasteiger partial charge in [0.1, 0.15) is 23.0 Å². The van der Waals surface area contributed by atoms with Gasteiger partial charge in [-0.05, 0) is 35.6 Å². The first-order valence-electron chi connectivity index (χ1n) is 10.1. The van der Waals surface area contributed by atoms with Crippen molar-refractivity contribution >= 4 is 29.2 Å². The largest absolute Gasteiger partial charge is 0.496 e. The summed E-state index contributed by atoms with van der Waals surface area (Å²) in [4.78, 5) is 12.4. The van der Waals surface area contributed by atoms with Crippen molar-refractivity contribution in [3.63, 3.8) is 0 Å². The highest BCUT2D eigenvalue weighted by Gasteiger charge is 2.61. The molecule has 4 atom stereocenters. The Morgan fingerprint density at radius 2 is 2.00 bits per heavy atom. The van der Waals surface area contributed by atoms with E-state index in [4.69, 9.17) is 27.9 Å². The highest BCUT2D eigenvalue weighted by Crippen LogP contribution is 2.54. The van der Waals surface area contributed by atoms with Crippen molar-refractivity contribution in [2.75, 3.05) is 7.11 Å². The lowest BCUT2D eigenvalue weighted by atomic mass is 9.62. The molecule has 8 heteroatoms. The third-order valence-corrected chi connectivity index (χ3v) is 6.47. The van der Waals surface area contributed by atoms with Crippen LogP contribution in [-0.4, -0.2) is 30.3 Å². The molecule has 1 fully saturated rings. The van der Waals surface area contributed by atoms with Crippen LogP contribution >= 0.6 is 23.2 Å². The van der Waals surface area contributed by atoms with E-state index in [-0.39, 0.29) is 16.0 Å². The monoisotopic (exact) mass is 478 g/mol. The minimum absolute atomic E-state index is 0.0624. The number of carboxylic acids is 1. The molecule has 0 radical (unpaired) electrons. The van der Waals surface area contributed by atoms with Crippen molar-refractivity contribution in [1.29, 1.82) is 5.26 Å². The molecular weight excluding hydrogens is 454 g/mol. The summed E-state index contributed by atoms with van der Waals surface area (Å²) in [7, 11) is 1.45. The molecule has 0 aromatic heterocycles. The molecule has 0 amide bonds. The van der Waals surface area contributed by atoms with Crippen LogP contribution in [0.15, 0.2) is 36.4 Å². The van der Waals surface area contributed by atoms with Gasteiger partial charge in [0.15, 0.2) is 0 Å². The summed E-state index contributed by atoms with van der Waals surface area (Å²) in [5.41, 5.74) is -1.23.